The van der Waals surface area contributed by atoms with Crippen molar-refractivity contribution in [3.8, 4) is 17.4 Å². The van der Waals surface area contributed by atoms with Crippen LogP contribution in [0.3, 0.4) is 0 Å². The molecule has 1 heterocycles. The van der Waals surface area contributed by atoms with Gasteiger partial charge >= 0.3 is 5.97 Å². The van der Waals surface area contributed by atoms with Crippen molar-refractivity contribution in [3.63, 3.8) is 0 Å². The highest BCUT2D eigenvalue weighted by Gasteiger charge is 2.28. The van der Waals surface area contributed by atoms with E-state index in [-0.39, 0.29) is 10.9 Å². The van der Waals surface area contributed by atoms with Crippen molar-refractivity contribution in [2.75, 3.05) is 19.0 Å². The summed E-state index contributed by atoms with van der Waals surface area (Å²) in [6.07, 6.45) is 2.22. The van der Waals surface area contributed by atoms with Crippen LogP contribution in [0.25, 0.3) is 5.69 Å². The molecule has 34 heavy (non-hydrogen) atoms. The summed E-state index contributed by atoms with van der Waals surface area (Å²) in [6.45, 7) is 4.25. The molecule has 2 aromatic carbocycles. The van der Waals surface area contributed by atoms with Gasteiger partial charge in [-0.05, 0) is 65.7 Å². The highest BCUT2D eigenvalue weighted by atomic mass is 32.2. The number of unbranched alkanes of at least 4 members (excludes halogenated alkanes) is 1. The number of hydrogen-bond acceptors (Lipinski definition) is 8. The van der Waals surface area contributed by atoms with Crippen molar-refractivity contribution in [1.29, 1.82) is 0 Å². The number of nitrogens with zero attached hydrogens (tertiary/aromatic N) is 2. The van der Waals surface area contributed by atoms with Crippen LogP contribution in [-0.2, 0) is 9.53 Å². The third-order valence-electron chi connectivity index (χ3n) is 4.93. The lowest BCUT2D eigenvalue weighted by atomic mass is 10.2. The molecule has 3 rings (SSSR count). The van der Waals surface area contributed by atoms with E-state index in [1.54, 1.807) is 55.6 Å². The van der Waals surface area contributed by atoms with Gasteiger partial charge in [0.05, 0.1) is 29.8 Å². The number of amides is 1. The van der Waals surface area contributed by atoms with E-state index in [1.807, 2.05) is 13.8 Å². The lowest BCUT2D eigenvalue weighted by Gasteiger charge is -2.13. The van der Waals surface area contributed by atoms with Gasteiger partial charge in [0.2, 0.25) is 11.6 Å². The van der Waals surface area contributed by atoms with Crippen LogP contribution in [0.4, 0.5) is 5.69 Å². The normalized spacial score (nSPS) is 11.6. The molecule has 9 nitrogen and oxygen atoms in total. The largest absolute Gasteiger partial charge is 0.538 e. The fraction of sp³-hybridized carbons (Fsp3) is 0.333. The number of esters is 1. The molecule has 180 valence electrons. The SMILES string of the molecule is CCCCOC(=O)c1ccc(NC(=O)C(CC)Sc2c([O-])on[n+]2-c2ccc(OC)cc2)cc1. The average Bonchev–Trinajstić information content (AvgIpc) is 3.22. The third kappa shape index (κ3) is 6.28. The topological polar surface area (TPSA) is 118 Å². The summed E-state index contributed by atoms with van der Waals surface area (Å²) in [4.78, 5) is 24.9. The molecule has 0 aliphatic carbocycles. The van der Waals surface area contributed by atoms with Gasteiger partial charge in [-0.3, -0.25) is 4.79 Å². The van der Waals surface area contributed by atoms with Crippen LogP contribution in [0.1, 0.15) is 43.5 Å². The van der Waals surface area contributed by atoms with Crippen LogP contribution in [0.15, 0.2) is 58.1 Å². The monoisotopic (exact) mass is 485 g/mol. The molecule has 1 amide bonds. The molecule has 0 radical (unpaired) electrons. The number of thioether (sulfide) groups is 1. The standard InChI is InChI=1S/C24H27N3O6S/c1-4-6-15-32-23(29)16-7-9-17(10-8-16)25-21(28)20(5-2)34-22-24(30)33-26-27(22)18-11-13-19(31-3)14-12-18/h7-14,20H,4-6,15H2,1-3H3,(H-,25,26,28,29,30). The summed E-state index contributed by atoms with van der Waals surface area (Å²) in [7, 11) is 1.56. The Morgan fingerprint density at radius 3 is 2.47 bits per heavy atom. The number of ether oxygens (including phenoxy) is 2. The predicted octanol–water partition coefficient (Wildman–Crippen LogP) is 3.50. The number of carbonyl (C=O) groups is 2. The minimum atomic E-state index is -0.627. The molecule has 0 saturated carbocycles. The molecule has 0 aliphatic heterocycles. The first kappa shape index (κ1) is 25.1. The van der Waals surface area contributed by atoms with Gasteiger partial charge < -0.3 is 24.4 Å². The summed E-state index contributed by atoms with van der Waals surface area (Å²) in [5, 5.41) is 18.6. The maximum absolute atomic E-state index is 12.9. The van der Waals surface area contributed by atoms with Crippen molar-refractivity contribution in [3.05, 3.63) is 54.1 Å². The molecular formula is C24H27N3O6S. The van der Waals surface area contributed by atoms with Crippen LogP contribution in [0.2, 0.25) is 0 Å². The molecule has 0 aliphatic rings. The fourth-order valence-electron chi connectivity index (χ4n) is 2.99. The van der Waals surface area contributed by atoms with Gasteiger partial charge in [0.1, 0.15) is 5.75 Å². The number of methoxy groups -OCH3 is 1. The van der Waals surface area contributed by atoms with Crippen molar-refractivity contribution < 1.29 is 33.4 Å². The summed E-state index contributed by atoms with van der Waals surface area (Å²) >= 11 is 1.08. The Morgan fingerprint density at radius 1 is 1.15 bits per heavy atom. The van der Waals surface area contributed by atoms with E-state index >= 15 is 0 Å². The van der Waals surface area contributed by atoms with Crippen molar-refractivity contribution in [2.45, 2.75) is 43.4 Å². The average molecular weight is 486 g/mol. The van der Waals surface area contributed by atoms with Crippen molar-refractivity contribution in [1.82, 2.24) is 5.27 Å². The smallest absolute Gasteiger partial charge is 0.338 e. The van der Waals surface area contributed by atoms with Crippen molar-refractivity contribution >= 4 is 29.3 Å². The van der Waals surface area contributed by atoms with E-state index in [2.05, 4.69) is 10.6 Å². The van der Waals surface area contributed by atoms with E-state index in [1.165, 1.54) is 4.68 Å². The highest BCUT2D eigenvalue weighted by molar-refractivity contribution is 8.00. The third-order valence-corrected chi connectivity index (χ3v) is 6.32. The quantitative estimate of drug-likeness (QED) is 0.190. The van der Waals surface area contributed by atoms with Gasteiger partial charge in [0.15, 0.2) is 5.95 Å². The first-order valence-corrected chi connectivity index (χ1v) is 11.8. The van der Waals surface area contributed by atoms with Crippen LogP contribution in [0.5, 0.6) is 11.7 Å². The van der Waals surface area contributed by atoms with E-state index < -0.39 is 17.2 Å². The molecule has 1 N–H and O–H groups in total. The zero-order valence-electron chi connectivity index (χ0n) is 19.3. The number of hydrogen-bond donors (Lipinski definition) is 1. The van der Waals surface area contributed by atoms with Gasteiger partial charge in [-0.25, -0.2) is 4.79 Å². The van der Waals surface area contributed by atoms with Gasteiger partial charge in [0, 0.05) is 17.8 Å². The summed E-state index contributed by atoms with van der Waals surface area (Å²) in [6, 6.07) is 13.4. The number of aromatic nitrogens is 2. The molecule has 0 saturated heterocycles. The predicted molar refractivity (Wildman–Crippen MR) is 124 cm³/mol. The lowest BCUT2D eigenvalue weighted by Crippen LogP contribution is -2.36. The Balaban J connectivity index is 1.67. The molecule has 1 atom stereocenters. The second kappa shape index (κ2) is 12.1. The maximum atomic E-state index is 12.9. The van der Waals surface area contributed by atoms with Crippen LogP contribution >= 0.6 is 11.8 Å². The Kier molecular flexibility index (Phi) is 8.92. The Bertz CT molecular complexity index is 1100. The molecule has 0 bridgehead atoms. The van der Waals surface area contributed by atoms with Crippen molar-refractivity contribution in [2.24, 2.45) is 0 Å². The first-order chi connectivity index (χ1) is 16.5. The Hall–Kier alpha value is -3.53. The summed E-state index contributed by atoms with van der Waals surface area (Å²) in [5.41, 5.74) is 1.55. The Labute approximate surface area is 202 Å². The summed E-state index contributed by atoms with van der Waals surface area (Å²) in [5.74, 6) is -0.645. The van der Waals surface area contributed by atoms with Crippen LogP contribution in [-0.4, -0.2) is 36.1 Å². The van der Waals surface area contributed by atoms with Gasteiger partial charge in [-0.15, -0.1) is 0 Å². The fourth-order valence-corrected chi connectivity index (χ4v) is 3.96. The van der Waals surface area contributed by atoms with Crippen LogP contribution < -0.4 is 19.8 Å². The minimum absolute atomic E-state index is 0.192. The van der Waals surface area contributed by atoms with E-state index in [9.17, 15) is 14.7 Å². The molecule has 1 aromatic heterocycles. The van der Waals surface area contributed by atoms with E-state index in [4.69, 9.17) is 14.0 Å². The number of benzene rings is 2. The molecule has 0 spiro atoms. The highest BCUT2D eigenvalue weighted by Crippen LogP contribution is 2.30. The molecule has 0 fully saturated rings. The first-order valence-electron chi connectivity index (χ1n) is 10.9. The van der Waals surface area contributed by atoms with Crippen LogP contribution in [0, 0.1) is 0 Å². The number of carbonyl (C=O) groups excluding carboxylic acids is 2. The zero-order chi connectivity index (χ0) is 24.5. The molecule has 1 unspecified atom stereocenters. The lowest BCUT2D eigenvalue weighted by molar-refractivity contribution is -0.705. The number of rotatable bonds is 11. The van der Waals surface area contributed by atoms with Gasteiger partial charge in [0.25, 0.3) is 5.03 Å². The van der Waals surface area contributed by atoms with E-state index in [0.717, 1.165) is 24.6 Å². The minimum Gasteiger partial charge on any atom is -0.538 e. The molecule has 10 heteroatoms. The maximum Gasteiger partial charge on any atom is 0.338 e. The summed E-state index contributed by atoms with van der Waals surface area (Å²) < 4.78 is 16.6. The Morgan fingerprint density at radius 2 is 1.85 bits per heavy atom. The molecular weight excluding hydrogens is 458 g/mol. The molecule has 3 aromatic rings. The number of anilines is 1. The number of nitrogens with one attached hydrogen (secondary N) is 1. The van der Waals surface area contributed by atoms with E-state index in [0.29, 0.717) is 35.7 Å². The zero-order valence-corrected chi connectivity index (χ0v) is 20.1. The second-order valence-corrected chi connectivity index (χ2v) is 8.54. The van der Waals surface area contributed by atoms with Gasteiger partial charge in [-0.1, -0.05) is 20.3 Å². The second-order valence-electron chi connectivity index (χ2n) is 7.35. The van der Waals surface area contributed by atoms with Gasteiger partial charge in [-0.2, -0.15) is 0 Å².